The molecule has 0 saturated carbocycles. The fraction of sp³-hybridized carbons (Fsp3) is 0.405. The fourth-order valence-corrected chi connectivity index (χ4v) is 6.28. The number of fused-ring (bicyclic) bond motifs is 1. The van der Waals surface area contributed by atoms with E-state index in [1.54, 1.807) is 34.6 Å². The van der Waals surface area contributed by atoms with Gasteiger partial charge in [0.15, 0.2) is 11.5 Å². The lowest BCUT2D eigenvalue weighted by Crippen LogP contribution is -2.53. The third-order valence-corrected chi connectivity index (χ3v) is 8.84. The number of hydrogen-bond acceptors (Lipinski definition) is 8. The van der Waals surface area contributed by atoms with Crippen LogP contribution in [0.2, 0.25) is 0 Å². The van der Waals surface area contributed by atoms with Crippen LogP contribution >= 0.6 is 0 Å². The maximum atomic E-state index is 14.9. The number of benzene rings is 3. The number of hydrogen-bond donors (Lipinski definition) is 1. The van der Waals surface area contributed by atoms with Gasteiger partial charge in [0.25, 0.3) is 0 Å². The molecule has 9 nitrogen and oxygen atoms in total. The molecule has 1 unspecified atom stereocenters. The molecule has 12 heteroatoms. The summed E-state index contributed by atoms with van der Waals surface area (Å²) < 4.78 is 68.9. The second kappa shape index (κ2) is 15.2. The summed E-state index contributed by atoms with van der Waals surface area (Å²) in [4.78, 5) is 13.5. The average molecular weight is 680 g/mol. The van der Waals surface area contributed by atoms with Crippen LogP contribution in [-0.4, -0.2) is 73.3 Å². The molecule has 0 spiro atoms. The van der Waals surface area contributed by atoms with Crippen LogP contribution in [0.15, 0.2) is 66.9 Å². The molecule has 1 aliphatic heterocycles. The van der Waals surface area contributed by atoms with Gasteiger partial charge in [-0.05, 0) is 61.6 Å². The Bertz CT molecular complexity index is 1770. The Morgan fingerprint density at radius 3 is 2.27 bits per heavy atom. The van der Waals surface area contributed by atoms with Crippen molar-refractivity contribution >= 4 is 16.9 Å². The summed E-state index contributed by atoms with van der Waals surface area (Å²) in [5, 5.41) is 21.3. The second-order valence-electron chi connectivity index (χ2n) is 12.1. The summed E-state index contributed by atoms with van der Waals surface area (Å²) >= 11 is 0. The zero-order chi connectivity index (χ0) is 35.2. The van der Waals surface area contributed by atoms with Gasteiger partial charge in [-0.25, -0.2) is 0 Å². The Hall–Kier alpha value is -4.73. The van der Waals surface area contributed by atoms with Gasteiger partial charge in [0.05, 0.1) is 38.0 Å². The molecule has 1 aliphatic rings. The number of carbonyl (C=O) groups excluding carboxylic acids is 1. The Balaban J connectivity index is 1.34. The standard InChI is InChI=1S/C37H40F3N3O6/c1-4-48-34(44)13-11-26-19-32(46-2)35(33(20-26)47-3)49-28-14-16-42(17-15-28)24-36(45,37(38,39)40)30-23-43(22-25-8-6-5-7-9-25)31-18-27(21-41)10-12-29(30)31/h5-10,12,18-20,23,28,45H,4,11,13-17,22,24H2,1-3H3. The van der Waals surface area contributed by atoms with Crippen molar-refractivity contribution < 1.29 is 42.0 Å². The van der Waals surface area contributed by atoms with Crippen LogP contribution < -0.4 is 14.2 Å². The number of piperidine rings is 1. The third-order valence-electron chi connectivity index (χ3n) is 8.84. The van der Waals surface area contributed by atoms with Gasteiger partial charge >= 0.3 is 12.1 Å². The molecule has 2 heterocycles. The van der Waals surface area contributed by atoms with E-state index in [2.05, 4.69) is 6.07 Å². The van der Waals surface area contributed by atoms with E-state index >= 15 is 0 Å². The summed E-state index contributed by atoms with van der Waals surface area (Å²) in [5.74, 6) is 0.895. The van der Waals surface area contributed by atoms with Gasteiger partial charge in [-0.1, -0.05) is 36.4 Å². The predicted octanol–water partition coefficient (Wildman–Crippen LogP) is 6.37. The molecule has 0 radical (unpaired) electrons. The van der Waals surface area contributed by atoms with E-state index in [1.165, 1.54) is 32.5 Å². The third kappa shape index (κ3) is 7.95. The molecule has 0 aliphatic carbocycles. The number of esters is 1. The summed E-state index contributed by atoms with van der Waals surface area (Å²) in [6, 6.07) is 19.4. The number of ether oxygens (including phenoxy) is 4. The van der Waals surface area contributed by atoms with Crippen molar-refractivity contribution in [3.05, 3.63) is 89.1 Å². The van der Waals surface area contributed by atoms with E-state index in [-0.39, 0.29) is 49.1 Å². The lowest BCUT2D eigenvalue weighted by Gasteiger charge is -2.39. The van der Waals surface area contributed by atoms with Crippen molar-refractivity contribution in [1.29, 1.82) is 5.26 Å². The highest BCUT2D eigenvalue weighted by atomic mass is 19.4. The second-order valence-corrected chi connectivity index (χ2v) is 12.1. The number of nitrogens with zero attached hydrogens (tertiary/aromatic N) is 3. The van der Waals surface area contributed by atoms with Crippen molar-refractivity contribution in [2.24, 2.45) is 0 Å². The number of carbonyl (C=O) groups is 1. The molecule has 260 valence electrons. The molecule has 1 saturated heterocycles. The molecule has 1 N–H and O–H groups in total. The van der Waals surface area contributed by atoms with Crippen molar-refractivity contribution in [3.63, 3.8) is 0 Å². The van der Waals surface area contributed by atoms with Crippen LogP contribution in [0.5, 0.6) is 17.2 Å². The van der Waals surface area contributed by atoms with Crippen molar-refractivity contribution in [1.82, 2.24) is 9.47 Å². The van der Waals surface area contributed by atoms with E-state index in [4.69, 9.17) is 18.9 Å². The Labute approximate surface area is 283 Å². The SMILES string of the molecule is CCOC(=O)CCc1cc(OC)c(OC2CCN(CC(O)(c3cn(Cc4ccccc4)c4cc(C#N)ccc34)C(F)(F)F)CC2)c(OC)c1. The van der Waals surface area contributed by atoms with E-state index in [0.717, 1.165) is 11.1 Å². The minimum absolute atomic E-state index is 0.192. The van der Waals surface area contributed by atoms with Crippen molar-refractivity contribution in [2.45, 2.75) is 57.0 Å². The van der Waals surface area contributed by atoms with Gasteiger partial charge < -0.3 is 28.6 Å². The Kier molecular flexibility index (Phi) is 11.1. The van der Waals surface area contributed by atoms with Gasteiger partial charge in [-0.3, -0.25) is 9.69 Å². The van der Waals surface area contributed by atoms with E-state index in [0.29, 0.717) is 54.2 Å². The highest BCUT2D eigenvalue weighted by Crippen LogP contribution is 2.45. The first-order valence-electron chi connectivity index (χ1n) is 16.2. The number of aromatic nitrogens is 1. The largest absolute Gasteiger partial charge is 0.493 e. The Morgan fingerprint density at radius 1 is 1.00 bits per heavy atom. The van der Waals surface area contributed by atoms with E-state index in [1.807, 2.05) is 30.3 Å². The quantitative estimate of drug-likeness (QED) is 0.163. The molecule has 0 amide bonds. The van der Waals surface area contributed by atoms with Crippen LogP contribution in [-0.2, 0) is 28.1 Å². The summed E-state index contributed by atoms with van der Waals surface area (Å²) in [5.41, 5.74) is -1.03. The number of rotatable bonds is 13. The molecular formula is C37H40F3N3O6. The molecular weight excluding hydrogens is 639 g/mol. The number of alkyl halides is 3. The number of halogens is 3. The lowest BCUT2D eigenvalue weighted by atomic mass is 9.90. The number of likely N-dealkylation sites (tertiary alicyclic amines) is 1. The van der Waals surface area contributed by atoms with Crippen LogP contribution in [0.3, 0.4) is 0 Å². The van der Waals surface area contributed by atoms with Crippen LogP contribution in [0.4, 0.5) is 13.2 Å². The monoisotopic (exact) mass is 679 g/mol. The first-order valence-corrected chi connectivity index (χ1v) is 16.2. The fourth-order valence-electron chi connectivity index (χ4n) is 6.28. The van der Waals surface area contributed by atoms with Gasteiger partial charge in [0, 0.05) is 49.7 Å². The first kappa shape index (κ1) is 35.6. The minimum Gasteiger partial charge on any atom is -0.493 e. The van der Waals surface area contributed by atoms with Gasteiger partial charge in [0.2, 0.25) is 11.4 Å². The minimum atomic E-state index is -4.99. The molecule has 0 bridgehead atoms. The van der Waals surface area contributed by atoms with Crippen molar-refractivity contribution in [2.75, 3.05) is 40.5 Å². The number of aryl methyl sites for hydroxylation is 1. The van der Waals surface area contributed by atoms with Crippen LogP contribution in [0.1, 0.15) is 48.4 Å². The van der Waals surface area contributed by atoms with Gasteiger partial charge in [0.1, 0.15) is 6.10 Å². The predicted molar refractivity (Wildman–Crippen MR) is 177 cm³/mol. The van der Waals surface area contributed by atoms with Crippen LogP contribution in [0.25, 0.3) is 10.9 Å². The molecule has 1 fully saturated rings. The van der Waals surface area contributed by atoms with Crippen molar-refractivity contribution in [3.8, 4) is 23.3 Å². The topological polar surface area (TPSA) is 106 Å². The highest BCUT2D eigenvalue weighted by Gasteiger charge is 2.57. The smallest absolute Gasteiger partial charge is 0.422 e. The zero-order valence-electron chi connectivity index (χ0n) is 27.8. The molecule has 5 rings (SSSR count). The molecule has 3 aromatic carbocycles. The molecule has 4 aromatic rings. The summed E-state index contributed by atoms with van der Waals surface area (Å²) in [6.07, 6.45) is -2.58. The lowest BCUT2D eigenvalue weighted by molar-refractivity contribution is -0.272. The normalized spacial score (nSPS) is 15.4. The number of β-amino-alcohol motifs (C(OH)–C–C–N with tert-alkyl or cyclic N) is 1. The molecule has 1 atom stereocenters. The highest BCUT2D eigenvalue weighted by molar-refractivity contribution is 5.86. The van der Waals surface area contributed by atoms with Gasteiger partial charge in [-0.15, -0.1) is 0 Å². The number of nitriles is 1. The number of aliphatic hydroxyl groups is 1. The maximum Gasteiger partial charge on any atom is 0.422 e. The zero-order valence-corrected chi connectivity index (χ0v) is 27.8. The summed E-state index contributed by atoms with van der Waals surface area (Å²) in [7, 11) is 2.99. The number of methoxy groups -OCH3 is 2. The first-order chi connectivity index (χ1) is 23.5. The Morgan fingerprint density at radius 2 is 1.67 bits per heavy atom. The molecule has 1 aromatic heterocycles. The maximum absolute atomic E-state index is 14.9. The van der Waals surface area contributed by atoms with Crippen LogP contribution in [0, 0.1) is 11.3 Å². The summed E-state index contributed by atoms with van der Waals surface area (Å²) in [6.45, 7) is 2.13. The molecule has 49 heavy (non-hydrogen) atoms. The van der Waals surface area contributed by atoms with E-state index < -0.39 is 18.3 Å². The van der Waals surface area contributed by atoms with E-state index in [9.17, 15) is 28.3 Å². The van der Waals surface area contributed by atoms with Gasteiger partial charge in [-0.2, -0.15) is 18.4 Å². The average Bonchev–Trinajstić information content (AvgIpc) is 3.46.